The average Bonchev–Trinajstić information content (AvgIpc) is 2.93. The Morgan fingerprint density at radius 2 is 1.60 bits per heavy atom. The molecule has 194 valence electrons. The van der Waals surface area contributed by atoms with Crippen molar-refractivity contribution in [3.63, 3.8) is 0 Å². The third-order valence-electron chi connectivity index (χ3n) is 6.65. The summed E-state index contributed by atoms with van der Waals surface area (Å²) < 4.78 is 58.7. The lowest BCUT2D eigenvalue weighted by Crippen LogP contribution is -2.43. The molecule has 11 heteroatoms. The summed E-state index contributed by atoms with van der Waals surface area (Å²) in [6.45, 7) is 13.1. The number of anilines is 1. The highest BCUT2D eigenvalue weighted by atomic mass is 19.4. The first-order valence-corrected chi connectivity index (χ1v) is 11.8. The summed E-state index contributed by atoms with van der Waals surface area (Å²) in [5.41, 5.74) is -3.22. The average molecular weight is 498 g/mol. The van der Waals surface area contributed by atoms with Crippen LogP contribution in [0.4, 0.5) is 23.7 Å². The van der Waals surface area contributed by atoms with Crippen LogP contribution in [0.5, 0.6) is 0 Å². The lowest BCUT2D eigenvalue weighted by Gasteiger charge is -2.33. The summed E-state index contributed by atoms with van der Waals surface area (Å²) in [6, 6.07) is 3.61. The minimum atomic E-state index is -4.67. The molecule has 0 atom stereocenters. The summed E-state index contributed by atoms with van der Waals surface area (Å²) in [5.74, 6) is -0.809. The van der Waals surface area contributed by atoms with Crippen molar-refractivity contribution in [3.8, 4) is 0 Å². The van der Waals surface area contributed by atoms with Crippen molar-refractivity contribution in [1.82, 2.24) is 4.90 Å². The fourth-order valence-electron chi connectivity index (χ4n) is 3.95. The van der Waals surface area contributed by atoms with Crippen LogP contribution in [-0.4, -0.2) is 53.9 Å². The number of piperidine rings is 1. The first kappa shape index (κ1) is 27.3. The molecule has 2 amide bonds. The lowest BCUT2D eigenvalue weighted by atomic mass is 9.75. The van der Waals surface area contributed by atoms with Gasteiger partial charge in [-0.1, -0.05) is 6.07 Å². The van der Waals surface area contributed by atoms with E-state index in [1.165, 1.54) is 17.0 Å². The van der Waals surface area contributed by atoms with Gasteiger partial charge in [-0.3, -0.25) is 4.79 Å². The third-order valence-corrected chi connectivity index (χ3v) is 6.65. The van der Waals surface area contributed by atoms with Gasteiger partial charge in [0, 0.05) is 24.7 Å². The number of rotatable bonds is 3. The van der Waals surface area contributed by atoms with E-state index in [0.717, 1.165) is 6.07 Å². The minimum absolute atomic E-state index is 0.0390. The van der Waals surface area contributed by atoms with Crippen molar-refractivity contribution in [1.29, 1.82) is 0 Å². The number of likely N-dealkylation sites (tertiary alicyclic amines) is 1. The Morgan fingerprint density at radius 3 is 2.09 bits per heavy atom. The third kappa shape index (κ3) is 6.30. The van der Waals surface area contributed by atoms with Crippen LogP contribution in [0.15, 0.2) is 18.2 Å². The van der Waals surface area contributed by atoms with Gasteiger partial charge in [0.25, 0.3) is 0 Å². The van der Waals surface area contributed by atoms with Gasteiger partial charge in [-0.25, -0.2) is 4.79 Å². The Kier molecular flexibility index (Phi) is 7.27. The first-order chi connectivity index (χ1) is 15.9. The van der Waals surface area contributed by atoms with Gasteiger partial charge in [0.05, 0.1) is 16.8 Å². The maximum atomic E-state index is 13.9. The topological polar surface area (TPSA) is 77.1 Å². The molecule has 0 saturated carbocycles. The molecule has 2 aliphatic rings. The molecule has 2 heterocycles. The molecule has 0 bridgehead atoms. The zero-order valence-corrected chi connectivity index (χ0v) is 21.3. The van der Waals surface area contributed by atoms with Crippen LogP contribution < -0.4 is 10.8 Å². The molecule has 0 spiro atoms. The van der Waals surface area contributed by atoms with E-state index in [9.17, 15) is 22.8 Å². The molecule has 0 aromatic heterocycles. The van der Waals surface area contributed by atoms with Crippen LogP contribution in [0.25, 0.3) is 0 Å². The number of carbonyl (C=O) groups excluding carboxylic acids is 2. The second-order valence-corrected chi connectivity index (χ2v) is 11.1. The normalized spacial score (nSPS) is 20.6. The van der Waals surface area contributed by atoms with Gasteiger partial charge in [-0.05, 0) is 78.9 Å². The Balaban J connectivity index is 1.69. The van der Waals surface area contributed by atoms with E-state index in [2.05, 4.69) is 5.32 Å². The van der Waals surface area contributed by atoms with Crippen molar-refractivity contribution in [2.24, 2.45) is 5.92 Å². The second-order valence-electron chi connectivity index (χ2n) is 11.1. The summed E-state index contributed by atoms with van der Waals surface area (Å²) in [4.78, 5) is 26.5. The summed E-state index contributed by atoms with van der Waals surface area (Å²) in [7, 11) is -1.18. The van der Waals surface area contributed by atoms with Gasteiger partial charge >= 0.3 is 19.4 Å². The molecule has 7 nitrogen and oxygen atoms in total. The molecule has 0 radical (unpaired) electrons. The van der Waals surface area contributed by atoms with Gasteiger partial charge < -0.3 is 24.3 Å². The molecule has 0 unspecified atom stereocenters. The Labute approximate surface area is 204 Å². The number of carbonyl (C=O) groups is 2. The number of alkyl halides is 3. The van der Waals surface area contributed by atoms with E-state index in [4.69, 9.17) is 14.0 Å². The van der Waals surface area contributed by atoms with Crippen molar-refractivity contribution >= 4 is 30.3 Å². The van der Waals surface area contributed by atoms with E-state index in [0.29, 0.717) is 25.9 Å². The largest absolute Gasteiger partial charge is 0.495 e. The van der Waals surface area contributed by atoms with Gasteiger partial charge in [0.15, 0.2) is 0 Å². The second kappa shape index (κ2) is 9.31. The van der Waals surface area contributed by atoms with Crippen molar-refractivity contribution in [2.45, 2.75) is 84.3 Å². The highest BCUT2D eigenvalue weighted by molar-refractivity contribution is 6.62. The number of nitrogens with zero attached hydrogens (tertiary/aromatic N) is 1. The molecule has 35 heavy (non-hydrogen) atoms. The number of halogens is 3. The van der Waals surface area contributed by atoms with Crippen molar-refractivity contribution in [2.75, 3.05) is 18.4 Å². The van der Waals surface area contributed by atoms with Crippen LogP contribution >= 0.6 is 0 Å². The summed E-state index contributed by atoms with van der Waals surface area (Å²) in [5, 5.41) is 2.60. The van der Waals surface area contributed by atoms with Gasteiger partial charge in [-0.2, -0.15) is 13.2 Å². The predicted octanol–water partition coefficient (Wildman–Crippen LogP) is 4.59. The monoisotopic (exact) mass is 498 g/mol. The van der Waals surface area contributed by atoms with Gasteiger partial charge in [0.1, 0.15) is 5.60 Å². The highest BCUT2D eigenvalue weighted by Crippen LogP contribution is 2.38. The minimum Gasteiger partial charge on any atom is -0.444 e. The maximum absolute atomic E-state index is 13.9. The predicted molar refractivity (Wildman–Crippen MR) is 126 cm³/mol. The lowest BCUT2D eigenvalue weighted by molar-refractivity contribution is -0.137. The van der Waals surface area contributed by atoms with Gasteiger partial charge in [-0.15, -0.1) is 0 Å². The fraction of sp³-hybridized carbons (Fsp3) is 0.667. The first-order valence-electron chi connectivity index (χ1n) is 11.8. The van der Waals surface area contributed by atoms with Crippen molar-refractivity contribution < 1.29 is 36.8 Å². The molecular weight excluding hydrogens is 464 g/mol. The molecule has 2 fully saturated rings. The van der Waals surface area contributed by atoms with Crippen molar-refractivity contribution in [3.05, 3.63) is 23.8 Å². The van der Waals surface area contributed by atoms with Crippen LogP contribution in [0, 0.1) is 5.92 Å². The molecule has 1 aromatic rings. The molecule has 2 aliphatic heterocycles. The SMILES string of the molecule is CC(C)(C)OC(=O)N1CCC(C(=O)Nc2ccc(B3OC(C)(C)C(C)(C)O3)c(C(F)(F)F)c2)CC1. The number of ether oxygens (including phenoxy) is 1. The van der Waals surface area contributed by atoms with E-state index in [1.54, 1.807) is 48.5 Å². The zero-order chi connectivity index (χ0) is 26.4. The maximum Gasteiger partial charge on any atom is 0.495 e. The van der Waals surface area contributed by atoms with E-state index in [1.807, 2.05) is 0 Å². The summed E-state index contributed by atoms with van der Waals surface area (Å²) >= 11 is 0. The fourth-order valence-corrected chi connectivity index (χ4v) is 3.95. The standard InChI is InChI=1S/C24H34BF3N2O5/c1-21(2,3)33-20(32)30-12-10-15(11-13-30)19(31)29-16-8-9-18(17(14-16)24(26,27)28)25-34-22(4,5)23(6,7)35-25/h8-9,14-15H,10-13H2,1-7H3,(H,29,31). The molecular formula is C24H34BF3N2O5. The zero-order valence-electron chi connectivity index (χ0n) is 21.3. The Hall–Kier alpha value is -2.27. The molecule has 2 saturated heterocycles. The van der Waals surface area contributed by atoms with E-state index < -0.39 is 47.7 Å². The number of hydrogen-bond acceptors (Lipinski definition) is 5. The number of amides is 2. The van der Waals surface area contributed by atoms with Crippen LogP contribution in [0.3, 0.4) is 0 Å². The Bertz CT molecular complexity index is 951. The molecule has 3 rings (SSSR count). The van der Waals surface area contributed by atoms with Crippen LogP contribution in [0.1, 0.15) is 66.9 Å². The molecule has 0 aliphatic carbocycles. The Morgan fingerprint density at radius 1 is 1.06 bits per heavy atom. The van der Waals surface area contributed by atoms with Crippen LogP contribution in [-0.2, 0) is 25.0 Å². The quantitative estimate of drug-likeness (QED) is 0.617. The number of benzene rings is 1. The molecule has 1 aromatic carbocycles. The van der Waals surface area contributed by atoms with E-state index in [-0.39, 0.29) is 17.1 Å². The number of nitrogens with one attached hydrogen (secondary N) is 1. The van der Waals surface area contributed by atoms with E-state index >= 15 is 0 Å². The molecule has 1 N–H and O–H groups in total. The summed E-state index contributed by atoms with van der Waals surface area (Å²) in [6.07, 6.45) is -4.32. The highest BCUT2D eigenvalue weighted by Gasteiger charge is 2.53. The van der Waals surface area contributed by atoms with Crippen LogP contribution in [0.2, 0.25) is 0 Å². The smallest absolute Gasteiger partial charge is 0.444 e. The van der Waals surface area contributed by atoms with Gasteiger partial charge in [0.2, 0.25) is 5.91 Å². The number of hydrogen-bond donors (Lipinski definition) is 1.